The number of hydrogen-bond donors (Lipinski definition) is 1. The third-order valence-electron chi connectivity index (χ3n) is 3.38. The molecule has 0 fully saturated rings. The molecule has 0 spiro atoms. The van der Waals surface area contributed by atoms with Gasteiger partial charge in [0, 0.05) is 5.69 Å². The van der Waals surface area contributed by atoms with Crippen molar-refractivity contribution in [2.24, 2.45) is 0 Å². The van der Waals surface area contributed by atoms with E-state index >= 15 is 0 Å². The smallest absolute Gasteiger partial charge is 0.0314 e. The summed E-state index contributed by atoms with van der Waals surface area (Å²) in [5.74, 6) is 0. The van der Waals surface area contributed by atoms with E-state index in [1.807, 2.05) is 18.2 Å². The Morgan fingerprint density at radius 1 is 0.789 bits per heavy atom. The van der Waals surface area contributed by atoms with Crippen molar-refractivity contribution in [1.29, 1.82) is 0 Å². The van der Waals surface area contributed by atoms with Crippen LogP contribution in [0.4, 0.5) is 5.69 Å². The van der Waals surface area contributed by atoms with Crippen molar-refractivity contribution in [2.45, 2.75) is 25.7 Å². The molecule has 0 bridgehead atoms. The van der Waals surface area contributed by atoms with E-state index in [2.05, 4.69) is 43.0 Å². The Hall–Kier alpha value is -2.02. The fraction of sp³-hybridized carbons (Fsp3) is 0.222. The van der Waals surface area contributed by atoms with Gasteiger partial charge in [0.25, 0.3) is 0 Å². The average molecular weight is 251 g/mol. The van der Waals surface area contributed by atoms with Crippen molar-refractivity contribution in [1.82, 2.24) is 0 Å². The van der Waals surface area contributed by atoms with E-state index in [4.69, 9.17) is 5.73 Å². The Kier molecular flexibility index (Phi) is 4.79. The van der Waals surface area contributed by atoms with Gasteiger partial charge in [-0.3, -0.25) is 0 Å². The van der Waals surface area contributed by atoms with Gasteiger partial charge in [-0.2, -0.15) is 0 Å². The zero-order chi connectivity index (χ0) is 13.5. The number of benzene rings is 2. The van der Waals surface area contributed by atoms with Gasteiger partial charge < -0.3 is 5.73 Å². The van der Waals surface area contributed by atoms with Crippen LogP contribution in [0.3, 0.4) is 0 Å². The predicted octanol–water partition coefficient (Wildman–Crippen LogP) is 4.48. The van der Waals surface area contributed by atoms with Crippen LogP contribution in [0.15, 0.2) is 55.1 Å². The summed E-state index contributed by atoms with van der Waals surface area (Å²) in [7, 11) is 0. The third kappa shape index (κ3) is 4.29. The molecule has 0 aliphatic carbocycles. The molecule has 0 atom stereocenters. The van der Waals surface area contributed by atoms with Crippen molar-refractivity contribution < 1.29 is 0 Å². The van der Waals surface area contributed by atoms with Crippen molar-refractivity contribution in [3.05, 3.63) is 71.8 Å². The minimum Gasteiger partial charge on any atom is -0.399 e. The maximum absolute atomic E-state index is 5.67. The van der Waals surface area contributed by atoms with E-state index in [-0.39, 0.29) is 0 Å². The standard InChI is InChI=1S/C18H21N/c1-2-15-7-9-16(10-8-15)5-3-4-6-17-11-13-18(19)14-12-17/h2,7-14H,1,3-6,19H2. The number of hydrogen-bond acceptors (Lipinski definition) is 1. The van der Waals surface area contributed by atoms with Gasteiger partial charge in [-0.05, 0) is 54.5 Å². The minimum absolute atomic E-state index is 0.839. The molecular formula is C18H21N. The molecule has 2 N–H and O–H groups in total. The van der Waals surface area contributed by atoms with Crippen molar-refractivity contribution in [2.75, 3.05) is 5.73 Å². The molecule has 2 aromatic rings. The van der Waals surface area contributed by atoms with Crippen molar-refractivity contribution in [3.8, 4) is 0 Å². The zero-order valence-electron chi connectivity index (χ0n) is 11.3. The number of unbranched alkanes of at least 4 members (excludes halogenated alkanes) is 1. The largest absolute Gasteiger partial charge is 0.399 e. The highest BCUT2D eigenvalue weighted by molar-refractivity contribution is 5.47. The Labute approximate surface area is 115 Å². The van der Waals surface area contributed by atoms with Gasteiger partial charge in [0.2, 0.25) is 0 Å². The molecule has 0 saturated heterocycles. The highest BCUT2D eigenvalue weighted by Gasteiger charge is 1.96. The maximum atomic E-state index is 5.67. The molecule has 0 aliphatic heterocycles. The summed E-state index contributed by atoms with van der Waals surface area (Å²) in [6, 6.07) is 16.8. The molecule has 1 nitrogen and oxygen atoms in total. The number of anilines is 1. The fourth-order valence-corrected chi connectivity index (χ4v) is 2.16. The molecule has 98 valence electrons. The molecule has 0 saturated carbocycles. The second kappa shape index (κ2) is 6.79. The molecule has 2 aromatic carbocycles. The fourth-order valence-electron chi connectivity index (χ4n) is 2.16. The number of aryl methyl sites for hydroxylation is 2. The minimum atomic E-state index is 0.839. The maximum Gasteiger partial charge on any atom is 0.0314 e. The van der Waals surface area contributed by atoms with Crippen LogP contribution >= 0.6 is 0 Å². The van der Waals surface area contributed by atoms with Crippen LogP contribution in [-0.4, -0.2) is 0 Å². The van der Waals surface area contributed by atoms with Crippen LogP contribution < -0.4 is 5.73 Å². The summed E-state index contributed by atoms with van der Waals surface area (Å²) < 4.78 is 0. The summed E-state index contributed by atoms with van der Waals surface area (Å²) in [4.78, 5) is 0. The first-order valence-electron chi connectivity index (χ1n) is 6.84. The van der Waals surface area contributed by atoms with Crippen molar-refractivity contribution >= 4 is 11.8 Å². The van der Waals surface area contributed by atoms with Crippen LogP contribution in [0.5, 0.6) is 0 Å². The molecule has 0 unspecified atom stereocenters. The van der Waals surface area contributed by atoms with Crippen LogP contribution in [0.1, 0.15) is 29.5 Å². The van der Waals surface area contributed by atoms with E-state index in [9.17, 15) is 0 Å². The molecule has 19 heavy (non-hydrogen) atoms. The Bertz CT molecular complexity index is 508. The number of nitrogens with two attached hydrogens (primary N) is 1. The summed E-state index contributed by atoms with van der Waals surface area (Å²) in [6.45, 7) is 3.77. The van der Waals surface area contributed by atoms with Gasteiger partial charge in [-0.25, -0.2) is 0 Å². The SMILES string of the molecule is C=Cc1ccc(CCCCc2ccc(N)cc2)cc1. The molecule has 0 heterocycles. The van der Waals surface area contributed by atoms with E-state index in [0.717, 1.165) is 18.5 Å². The number of nitrogen functional groups attached to an aromatic ring is 1. The third-order valence-corrected chi connectivity index (χ3v) is 3.38. The lowest BCUT2D eigenvalue weighted by Crippen LogP contribution is -1.90. The first kappa shape index (κ1) is 13.4. The zero-order valence-corrected chi connectivity index (χ0v) is 11.3. The van der Waals surface area contributed by atoms with E-state index in [1.54, 1.807) is 0 Å². The van der Waals surface area contributed by atoms with Gasteiger partial charge in [0.15, 0.2) is 0 Å². The number of rotatable bonds is 6. The first-order valence-corrected chi connectivity index (χ1v) is 6.84. The van der Waals surface area contributed by atoms with E-state index in [0.29, 0.717) is 0 Å². The topological polar surface area (TPSA) is 26.0 Å². The van der Waals surface area contributed by atoms with Gasteiger partial charge in [-0.1, -0.05) is 49.1 Å². The van der Waals surface area contributed by atoms with Gasteiger partial charge in [0.05, 0.1) is 0 Å². The molecule has 0 aromatic heterocycles. The van der Waals surface area contributed by atoms with Gasteiger partial charge in [-0.15, -0.1) is 0 Å². The Morgan fingerprint density at radius 2 is 1.26 bits per heavy atom. The molecule has 1 heteroatoms. The highest BCUT2D eigenvalue weighted by atomic mass is 14.5. The van der Waals surface area contributed by atoms with E-state index < -0.39 is 0 Å². The lowest BCUT2D eigenvalue weighted by atomic mass is 10.0. The Balaban J connectivity index is 1.74. The Morgan fingerprint density at radius 3 is 1.74 bits per heavy atom. The molecule has 0 amide bonds. The quantitative estimate of drug-likeness (QED) is 0.594. The van der Waals surface area contributed by atoms with Gasteiger partial charge >= 0.3 is 0 Å². The molecule has 0 aliphatic rings. The highest BCUT2D eigenvalue weighted by Crippen LogP contribution is 2.12. The summed E-state index contributed by atoms with van der Waals surface area (Å²) in [5.41, 5.74) is 10.5. The van der Waals surface area contributed by atoms with Crippen LogP contribution in [-0.2, 0) is 12.8 Å². The van der Waals surface area contributed by atoms with Gasteiger partial charge in [0.1, 0.15) is 0 Å². The van der Waals surface area contributed by atoms with Crippen LogP contribution in [0.25, 0.3) is 6.08 Å². The second-order valence-corrected chi connectivity index (χ2v) is 4.89. The summed E-state index contributed by atoms with van der Waals surface area (Å²) in [5, 5.41) is 0. The lowest BCUT2D eigenvalue weighted by Gasteiger charge is -2.04. The average Bonchev–Trinajstić information content (AvgIpc) is 2.46. The molecule has 0 radical (unpaired) electrons. The van der Waals surface area contributed by atoms with Crippen LogP contribution in [0, 0.1) is 0 Å². The predicted molar refractivity (Wildman–Crippen MR) is 84.0 cm³/mol. The lowest BCUT2D eigenvalue weighted by molar-refractivity contribution is 0.734. The molecular weight excluding hydrogens is 230 g/mol. The molecule has 2 rings (SSSR count). The monoisotopic (exact) mass is 251 g/mol. The second-order valence-electron chi connectivity index (χ2n) is 4.89. The first-order chi connectivity index (χ1) is 9.28. The summed E-state index contributed by atoms with van der Waals surface area (Å²) >= 11 is 0. The normalized spacial score (nSPS) is 10.3. The summed E-state index contributed by atoms with van der Waals surface area (Å²) in [6.07, 6.45) is 6.59. The van der Waals surface area contributed by atoms with E-state index in [1.165, 1.54) is 29.5 Å². The van der Waals surface area contributed by atoms with Crippen LogP contribution in [0.2, 0.25) is 0 Å². The van der Waals surface area contributed by atoms with Crippen molar-refractivity contribution in [3.63, 3.8) is 0 Å².